The van der Waals surface area contributed by atoms with Gasteiger partial charge in [-0.2, -0.15) is 0 Å². The van der Waals surface area contributed by atoms with E-state index in [1.807, 2.05) is 18.0 Å². The van der Waals surface area contributed by atoms with Crippen molar-refractivity contribution in [3.63, 3.8) is 0 Å². The van der Waals surface area contributed by atoms with Crippen LogP contribution in [-0.4, -0.2) is 63.4 Å². The van der Waals surface area contributed by atoms with Crippen LogP contribution in [0.4, 0.5) is 4.39 Å². The topological polar surface area (TPSA) is 119 Å². The van der Waals surface area contributed by atoms with Crippen molar-refractivity contribution in [3.8, 4) is 5.75 Å². The lowest BCUT2D eigenvalue weighted by Crippen LogP contribution is -2.50. The summed E-state index contributed by atoms with van der Waals surface area (Å²) in [5.74, 6) is -2.10. The number of nitrogens with one attached hydrogen (secondary N) is 2. The van der Waals surface area contributed by atoms with Gasteiger partial charge in [-0.25, -0.2) is 9.37 Å². The SMILES string of the molecule is CN1CCN(C(=O)c2ccccc2)C(c2nc(C(=O)NCc3ccc(F)cc3)c(O)c(=O)[nH]2)C1. The smallest absolute Gasteiger partial charge is 0.294 e. The molecule has 2 heterocycles. The number of hydrogen-bond donors (Lipinski definition) is 3. The number of halogens is 1. The summed E-state index contributed by atoms with van der Waals surface area (Å²) < 4.78 is 13.1. The molecule has 176 valence electrons. The van der Waals surface area contributed by atoms with Crippen LogP contribution < -0.4 is 10.9 Å². The van der Waals surface area contributed by atoms with Crippen LogP contribution in [0.25, 0.3) is 0 Å². The van der Waals surface area contributed by atoms with Gasteiger partial charge in [0.15, 0.2) is 5.69 Å². The van der Waals surface area contributed by atoms with Gasteiger partial charge in [0.25, 0.3) is 17.4 Å². The Morgan fingerprint density at radius 1 is 1.15 bits per heavy atom. The van der Waals surface area contributed by atoms with Gasteiger partial charge in [0.2, 0.25) is 5.75 Å². The summed E-state index contributed by atoms with van der Waals surface area (Å²) in [6.07, 6.45) is 0. The molecular formula is C24H24FN5O4. The molecule has 0 spiro atoms. The van der Waals surface area contributed by atoms with E-state index in [0.717, 1.165) is 0 Å². The van der Waals surface area contributed by atoms with E-state index in [1.165, 1.54) is 24.3 Å². The number of carbonyl (C=O) groups is 2. The Bertz CT molecular complexity index is 1250. The summed E-state index contributed by atoms with van der Waals surface area (Å²) in [6, 6.07) is 13.7. The molecule has 34 heavy (non-hydrogen) atoms. The normalized spacial score (nSPS) is 16.3. The number of rotatable bonds is 5. The third-order valence-electron chi connectivity index (χ3n) is 5.68. The van der Waals surface area contributed by atoms with Crippen molar-refractivity contribution in [2.45, 2.75) is 12.6 Å². The van der Waals surface area contributed by atoms with Crippen LogP contribution in [0.2, 0.25) is 0 Å². The lowest BCUT2D eigenvalue weighted by Gasteiger charge is -2.39. The van der Waals surface area contributed by atoms with E-state index >= 15 is 0 Å². The van der Waals surface area contributed by atoms with E-state index in [-0.39, 0.29) is 18.3 Å². The first-order valence-electron chi connectivity index (χ1n) is 10.7. The highest BCUT2D eigenvalue weighted by Gasteiger charge is 2.33. The Morgan fingerprint density at radius 3 is 2.56 bits per heavy atom. The number of aromatic amines is 1. The maximum absolute atomic E-state index is 13.2. The molecule has 0 radical (unpaired) electrons. The Morgan fingerprint density at radius 2 is 1.85 bits per heavy atom. The van der Waals surface area contributed by atoms with Crippen molar-refractivity contribution in [1.29, 1.82) is 0 Å². The number of benzene rings is 2. The number of aromatic hydroxyl groups is 1. The van der Waals surface area contributed by atoms with Crippen LogP contribution in [-0.2, 0) is 6.54 Å². The first kappa shape index (κ1) is 23.1. The predicted octanol–water partition coefficient (Wildman–Crippen LogP) is 1.67. The van der Waals surface area contributed by atoms with Gasteiger partial charge < -0.3 is 25.2 Å². The molecule has 2 amide bonds. The lowest BCUT2D eigenvalue weighted by molar-refractivity contribution is 0.0480. The van der Waals surface area contributed by atoms with E-state index in [4.69, 9.17) is 0 Å². The van der Waals surface area contributed by atoms with Crippen molar-refractivity contribution in [1.82, 2.24) is 25.1 Å². The quantitative estimate of drug-likeness (QED) is 0.528. The Hall–Kier alpha value is -4.05. The summed E-state index contributed by atoms with van der Waals surface area (Å²) >= 11 is 0. The van der Waals surface area contributed by atoms with Gasteiger partial charge in [-0.05, 0) is 36.9 Å². The molecule has 0 saturated carbocycles. The molecule has 1 fully saturated rings. The maximum Gasteiger partial charge on any atom is 0.294 e. The third-order valence-corrected chi connectivity index (χ3v) is 5.68. The highest BCUT2D eigenvalue weighted by molar-refractivity contribution is 5.95. The molecule has 1 aliphatic heterocycles. The number of amides is 2. The minimum Gasteiger partial charge on any atom is -0.501 e. The van der Waals surface area contributed by atoms with E-state index < -0.39 is 34.8 Å². The first-order chi connectivity index (χ1) is 16.3. The molecule has 1 unspecified atom stereocenters. The van der Waals surface area contributed by atoms with Gasteiger partial charge in [0, 0.05) is 31.7 Å². The van der Waals surface area contributed by atoms with Crippen LogP contribution in [0.3, 0.4) is 0 Å². The fourth-order valence-corrected chi connectivity index (χ4v) is 3.81. The Kier molecular flexibility index (Phi) is 6.69. The van der Waals surface area contributed by atoms with Gasteiger partial charge in [-0.1, -0.05) is 30.3 Å². The van der Waals surface area contributed by atoms with Gasteiger partial charge in [-0.15, -0.1) is 0 Å². The zero-order chi connectivity index (χ0) is 24.2. The van der Waals surface area contributed by atoms with E-state index in [1.54, 1.807) is 29.2 Å². The Balaban J connectivity index is 1.62. The molecule has 1 aromatic heterocycles. The first-order valence-corrected chi connectivity index (χ1v) is 10.7. The molecule has 3 aromatic rings. The lowest BCUT2D eigenvalue weighted by atomic mass is 10.1. The minimum absolute atomic E-state index is 0.0488. The fourth-order valence-electron chi connectivity index (χ4n) is 3.81. The van der Waals surface area contributed by atoms with E-state index in [2.05, 4.69) is 15.3 Å². The van der Waals surface area contributed by atoms with Crippen molar-refractivity contribution in [2.24, 2.45) is 0 Å². The zero-order valence-corrected chi connectivity index (χ0v) is 18.5. The highest BCUT2D eigenvalue weighted by atomic mass is 19.1. The maximum atomic E-state index is 13.2. The highest BCUT2D eigenvalue weighted by Crippen LogP contribution is 2.25. The number of nitrogens with zero attached hydrogens (tertiary/aromatic N) is 3. The second kappa shape index (κ2) is 9.84. The van der Waals surface area contributed by atoms with Crippen molar-refractivity contribution in [3.05, 3.63) is 93.4 Å². The summed E-state index contributed by atoms with van der Waals surface area (Å²) in [5.41, 5.74) is -0.193. The molecule has 4 rings (SSSR count). The fraction of sp³-hybridized carbons (Fsp3) is 0.250. The van der Waals surface area contributed by atoms with Crippen molar-refractivity contribution in [2.75, 3.05) is 26.7 Å². The van der Waals surface area contributed by atoms with E-state index in [0.29, 0.717) is 30.8 Å². The summed E-state index contributed by atoms with van der Waals surface area (Å²) in [5, 5.41) is 12.8. The largest absolute Gasteiger partial charge is 0.501 e. The van der Waals surface area contributed by atoms with E-state index in [9.17, 15) is 23.9 Å². The van der Waals surface area contributed by atoms with Crippen molar-refractivity contribution >= 4 is 11.8 Å². The molecule has 1 atom stereocenters. The van der Waals surface area contributed by atoms with Crippen LogP contribution in [0.1, 0.15) is 38.3 Å². The van der Waals surface area contributed by atoms with Gasteiger partial charge >= 0.3 is 0 Å². The number of likely N-dealkylation sites (N-methyl/N-ethyl adjacent to an activating group) is 1. The van der Waals surface area contributed by atoms with Crippen LogP contribution >= 0.6 is 0 Å². The second-order valence-electron chi connectivity index (χ2n) is 8.10. The summed E-state index contributed by atoms with van der Waals surface area (Å²) in [4.78, 5) is 48.7. The van der Waals surface area contributed by atoms with Crippen LogP contribution in [0, 0.1) is 5.82 Å². The molecule has 0 aliphatic carbocycles. The molecule has 10 heteroatoms. The van der Waals surface area contributed by atoms with Gasteiger partial charge in [-0.3, -0.25) is 14.4 Å². The number of H-pyrrole nitrogens is 1. The standard InChI is InChI=1S/C24H24FN5O4/c1-29-11-12-30(24(34)16-5-3-2-4-6-16)18(14-29)21-27-19(20(31)23(33)28-21)22(32)26-13-15-7-9-17(25)10-8-15/h2-10,18,31H,11-14H2,1H3,(H,26,32)(H,27,28,33). The molecule has 0 bridgehead atoms. The average Bonchev–Trinajstić information content (AvgIpc) is 2.85. The molecule has 9 nitrogen and oxygen atoms in total. The molecular weight excluding hydrogens is 441 g/mol. The van der Waals surface area contributed by atoms with Crippen LogP contribution in [0.5, 0.6) is 5.75 Å². The zero-order valence-electron chi connectivity index (χ0n) is 18.5. The summed E-state index contributed by atoms with van der Waals surface area (Å²) in [6.45, 7) is 1.45. The predicted molar refractivity (Wildman–Crippen MR) is 122 cm³/mol. The Labute approximate surface area is 194 Å². The molecule has 1 saturated heterocycles. The van der Waals surface area contributed by atoms with Gasteiger partial charge in [0.1, 0.15) is 17.7 Å². The molecule has 2 aromatic carbocycles. The number of hydrogen-bond acceptors (Lipinski definition) is 6. The van der Waals surface area contributed by atoms with Crippen molar-refractivity contribution < 1.29 is 19.1 Å². The van der Waals surface area contributed by atoms with Crippen LogP contribution in [0.15, 0.2) is 59.4 Å². The molecule has 3 N–H and O–H groups in total. The number of aromatic nitrogens is 2. The molecule has 1 aliphatic rings. The number of carbonyl (C=O) groups excluding carboxylic acids is 2. The number of piperazine rings is 1. The summed E-state index contributed by atoms with van der Waals surface area (Å²) in [7, 11) is 1.88. The van der Waals surface area contributed by atoms with Gasteiger partial charge in [0.05, 0.1) is 0 Å². The second-order valence-corrected chi connectivity index (χ2v) is 8.10. The average molecular weight is 465 g/mol. The third kappa shape index (κ3) is 4.96. The minimum atomic E-state index is -0.878. The monoisotopic (exact) mass is 465 g/mol.